The standard InChI is InChI=1S/C19H34O2/c1-3-5-7-8-9-11-16-19(20)21-18-15-12-14-17(18)13-10-6-4-2/h3-16H2,1-2H3. The number of esters is 1. The normalized spacial score (nSPS) is 14.8. The summed E-state index contributed by atoms with van der Waals surface area (Å²) in [6, 6.07) is 0. The Balaban J connectivity index is 2.18. The third-order valence-electron chi connectivity index (χ3n) is 4.33. The average Bonchev–Trinajstić information content (AvgIpc) is 2.90. The van der Waals surface area contributed by atoms with Crippen molar-refractivity contribution in [2.75, 3.05) is 0 Å². The predicted molar refractivity (Wildman–Crippen MR) is 89.1 cm³/mol. The number of allylic oxidation sites excluding steroid dienone is 2. The Hall–Kier alpha value is -0.790. The van der Waals surface area contributed by atoms with Gasteiger partial charge in [-0.1, -0.05) is 58.8 Å². The Kier molecular flexibility index (Phi) is 10.3. The van der Waals surface area contributed by atoms with Gasteiger partial charge in [-0.2, -0.15) is 0 Å². The van der Waals surface area contributed by atoms with Crippen molar-refractivity contribution in [3.8, 4) is 0 Å². The van der Waals surface area contributed by atoms with Crippen LogP contribution in [0.25, 0.3) is 0 Å². The lowest BCUT2D eigenvalue weighted by Gasteiger charge is -2.08. The summed E-state index contributed by atoms with van der Waals surface area (Å²) in [5, 5.41) is 0. The Bertz CT molecular complexity index is 318. The van der Waals surface area contributed by atoms with E-state index in [1.54, 1.807) is 0 Å². The second-order valence-corrected chi connectivity index (χ2v) is 6.33. The molecule has 122 valence electrons. The van der Waals surface area contributed by atoms with Gasteiger partial charge in [0.05, 0.1) is 0 Å². The zero-order chi connectivity index (χ0) is 15.3. The van der Waals surface area contributed by atoms with Crippen LogP contribution in [0.4, 0.5) is 0 Å². The Morgan fingerprint density at radius 2 is 1.57 bits per heavy atom. The third kappa shape index (κ3) is 8.28. The minimum Gasteiger partial charge on any atom is -0.431 e. The van der Waals surface area contributed by atoms with Crippen molar-refractivity contribution >= 4 is 5.97 Å². The number of carbonyl (C=O) groups excluding carboxylic acids is 1. The van der Waals surface area contributed by atoms with Crippen LogP contribution in [0.1, 0.15) is 104 Å². The average molecular weight is 294 g/mol. The molecule has 0 unspecified atom stereocenters. The Morgan fingerprint density at radius 3 is 2.33 bits per heavy atom. The number of ether oxygens (including phenoxy) is 1. The minimum absolute atomic E-state index is 0.00427. The van der Waals surface area contributed by atoms with Crippen LogP contribution in [-0.4, -0.2) is 5.97 Å². The maximum Gasteiger partial charge on any atom is 0.310 e. The molecule has 1 aliphatic rings. The van der Waals surface area contributed by atoms with Crippen molar-refractivity contribution < 1.29 is 9.53 Å². The summed E-state index contributed by atoms with van der Waals surface area (Å²) in [4.78, 5) is 11.9. The van der Waals surface area contributed by atoms with Crippen LogP contribution >= 0.6 is 0 Å². The largest absolute Gasteiger partial charge is 0.431 e. The van der Waals surface area contributed by atoms with Gasteiger partial charge in [0.25, 0.3) is 0 Å². The third-order valence-corrected chi connectivity index (χ3v) is 4.33. The highest BCUT2D eigenvalue weighted by atomic mass is 16.5. The number of rotatable bonds is 12. The van der Waals surface area contributed by atoms with Gasteiger partial charge in [0, 0.05) is 12.8 Å². The second kappa shape index (κ2) is 11.8. The fraction of sp³-hybridized carbons (Fsp3) is 0.842. The van der Waals surface area contributed by atoms with Gasteiger partial charge >= 0.3 is 5.97 Å². The highest BCUT2D eigenvalue weighted by Crippen LogP contribution is 2.31. The lowest BCUT2D eigenvalue weighted by atomic mass is 10.1. The molecule has 0 radical (unpaired) electrons. The highest BCUT2D eigenvalue weighted by molar-refractivity contribution is 5.70. The molecule has 0 N–H and O–H groups in total. The van der Waals surface area contributed by atoms with E-state index < -0.39 is 0 Å². The molecule has 0 saturated carbocycles. The first-order valence-corrected chi connectivity index (χ1v) is 9.19. The van der Waals surface area contributed by atoms with Gasteiger partial charge in [-0.15, -0.1) is 0 Å². The number of hydrogen-bond donors (Lipinski definition) is 0. The van der Waals surface area contributed by atoms with E-state index in [0.717, 1.165) is 37.9 Å². The molecule has 0 aromatic rings. The van der Waals surface area contributed by atoms with Gasteiger partial charge < -0.3 is 4.74 Å². The summed E-state index contributed by atoms with van der Waals surface area (Å²) < 4.78 is 5.62. The molecule has 0 aromatic carbocycles. The maximum absolute atomic E-state index is 11.9. The Labute approximate surface area is 131 Å². The lowest BCUT2D eigenvalue weighted by molar-refractivity contribution is -0.139. The van der Waals surface area contributed by atoms with E-state index >= 15 is 0 Å². The van der Waals surface area contributed by atoms with E-state index in [-0.39, 0.29) is 5.97 Å². The molecule has 0 amide bonds. The monoisotopic (exact) mass is 294 g/mol. The van der Waals surface area contributed by atoms with Crippen LogP contribution in [-0.2, 0) is 9.53 Å². The minimum atomic E-state index is -0.00427. The van der Waals surface area contributed by atoms with Gasteiger partial charge in [-0.3, -0.25) is 4.79 Å². The summed E-state index contributed by atoms with van der Waals surface area (Å²) >= 11 is 0. The first kappa shape index (κ1) is 18.3. The first-order chi connectivity index (χ1) is 10.3. The fourth-order valence-electron chi connectivity index (χ4n) is 2.99. The summed E-state index contributed by atoms with van der Waals surface area (Å²) in [7, 11) is 0. The molecule has 0 aliphatic heterocycles. The van der Waals surface area contributed by atoms with Crippen LogP contribution in [0, 0.1) is 0 Å². The van der Waals surface area contributed by atoms with Gasteiger partial charge in [-0.25, -0.2) is 0 Å². The lowest BCUT2D eigenvalue weighted by Crippen LogP contribution is -2.04. The highest BCUT2D eigenvalue weighted by Gasteiger charge is 2.18. The second-order valence-electron chi connectivity index (χ2n) is 6.33. The van der Waals surface area contributed by atoms with Crippen LogP contribution in [0.2, 0.25) is 0 Å². The smallest absolute Gasteiger partial charge is 0.310 e. The van der Waals surface area contributed by atoms with Crippen molar-refractivity contribution in [1.29, 1.82) is 0 Å². The Morgan fingerprint density at radius 1 is 0.905 bits per heavy atom. The molecule has 0 saturated heterocycles. The zero-order valence-corrected chi connectivity index (χ0v) is 14.2. The molecule has 0 spiro atoms. The van der Waals surface area contributed by atoms with E-state index in [4.69, 9.17) is 4.74 Å². The van der Waals surface area contributed by atoms with Gasteiger partial charge in [-0.05, 0) is 37.7 Å². The van der Waals surface area contributed by atoms with E-state index in [1.165, 1.54) is 56.9 Å². The number of unbranched alkanes of at least 4 members (excludes halogenated alkanes) is 7. The van der Waals surface area contributed by atoms with Crippen molar-refractivity contribution in [2.45, 2.75) is 104 Å². The van der Waals surface area contributed by atoms with E-state index in [9.17, 15) is 4.79 Å². The van der Waals surface area contributed by atoms with Crippen LogP contribution < -0.4 is 0 Å². The molecule has 1 aliphatic carbocycles. The topological polar surface area (TPSA) is 26.3 Å². The summed E-state index contributed by atoms with van der Waals surface area (Å²) in [6.45, 7) is 4.45. The van der Waals surface area contributed by atoms with Crippen molar-refractivity contribution in [2.24, 2.45) is 0 Å². The molecule has 21 heavy (non-hydrogen) atoms. The molecule has 0 bridgehead atoms. The quantitative estimate of drug-likeness (QED) is 0.312. The molecule has 1 rings (SSSR count). The first-order valence-electron chi connectivity index (χ1n) is 9.19. The van der Waals surface area contributed by atoms with E-state index in [2.05, 4.69) is 13.8 Å². The molecule has 2 heteroatoms. The van der Waals surface area contributed by atoms with E-state index in [0.29, 0.717) is 6.42 Å². The van der Waals surface area contributed by atoms with Crippen LogP contribution in [0.3, 0.4) is 0 Å². The summed E-state index contributed by atoms with van der Waals surface area (Å²) in [5.74, 6) is 1.01. The van der Waals surface area contributed by atoms with Gasteiger partial charge in [0.1, 0.15) is 5.76 Å². The maximum atomic E-state index is 11.9. The molecule has 0 aromatic heterocycles. The number of hydrogen-bond acceptors (Lipinski definition) is 2. The number of carbonyl (C=O) groups is 1. The van der Waals surface area contributed by atoms with Crippen LogP contribution in [0.5, 0.6) is 0 Å². The molecule has 0 heterocycles. The summed E-state index contributed by atoms with van der Waals surface area (Å²) in [5.41, 5.74) is 1.42. The van der Waals surface area contributed by atoms with Crippen LogP contribution in [0.15, 0.2) is 11.3 Å². The molecular formula is C19H34O2. The molecular weight excluding hydrogens is 260 g/mol. The van der Waals surface area contributed by atoms with Gasteiger partial charge in [0.15, 0.2) is 0 Å². The van der Waals surface area contributed by atoms with Crippen molar-refractivity contribution in [3.63, 3.8) is 0 Å². The summed E-state index contributed by atoms with van der Waals surface area (Å²) in [6.07, 6.45) is 16.1. The van der Waals surface area contributed by atoms with Crippen molar-refractivity contribution in [1.82, 2.24) is 0 Å². The molecule has 0 fully saturated rings. The zero-order valence-electron chi connectivity index (χ0n) is 14.2. The van der Waals surface area contributed by atoms with Gasteiger partial charge in [0.2, 0.25) is 0 Å². The molecule has 2 nitrogen and oxygen atoms in total. The van der Waals surface area contributed by atoms with Crippen molar-refractivity contribution in [3.05, 3.63) is 11.3 Å². The predicted octanol–water partition coefficient (Wildman–Crippen LogP) is 6.30. The molecule has 0 atom stereocenters. The SMILES string of the molecule is CCCCCCCCC(=O)OC1=C(CCCCC)CCC1. The fourth-order valence-corrected chi connectivity index (χ4v) is 2.99. The van der Waals surface area contributed by atoms with E-state index in [1.807, 2.05) is 0 Å².